The molecule has 0 radical (unpaired) electrons. The Labute approximate surface area is 126 Å². The van der Waals surface area contributed by atoms with Crippen LogP contribution >= 0.6 is 12.2 Å². The molecule has 0 aliphatic heterocycles. The maximum absolute atomic E-state index is 12.4. The summed E-state index contributed by atoms with van der Waals surface area (Å²) in [5.74, 6) is 0. The highest BCUT2D eigenvalue weighted by atomic mass is 32.1. The van der Waals surface area contributed by atoms with Crippen LogP contribution in [0.4, 0.5) is 24.5 Å². The van der Waals surface area contributed by atoms with E-state index in [1.807, 2.05) is 31.2 Å². The molecule has 0 fully saturated rings. The lowest BCUT2D eigenvalue weighted by atomic mass is 10.2. The highest BCUT2D eigenvalue weighted by Crippen LogP contribution is 2.29. The highest BCUT2D eigenvalue weighted by Gasteiger charge is 2.29. The third-order valence-electron chi connectivity index (χ3n) is 2.78. The predicted molar refractivity (Wildman–Crippen MR) is 82.5 cm³/mol. The molecule has 2 nitrogen and oxygen atoms in total. The molecule has 2 aromatic carbocycles. The first-order valence-electron chi connectivity index (χ1n) is 6.16. The van der Waals surface area contributed by atoms with Crippen LogP contribution < -0.4 is 10.6 Å². The van der Waals surface area contributed by atoms with Crippen LogP contribution in [0.25, 0.3) is 0 Å². The van der Waals surface area contributed by atoms with Crippen molar-refractivity contribution < 1.29 is 13.2 Å². The largest absolute Gasteiger partial charge is 0.416 e. The van der Waals surface area contributed by atoms with E-state index in [0.29, 0.717) is 10.8 Å². The van der Waals surface area contributed by atoms with E-state index in [1.54, 1.807) is 0 Å². The van der Waals surface area contributed by atoms with Gasteiger partial charge in [-0.2, -0.15) is 13.2 Å². The van der Waals surface area contributed by atoms with Crippen molar-refractivity contribution in [3.05, 3.63) is 59.7 Å². The van der Waals surface area contributed by atoms with Crippen molar-refractivity contribution >= 4 is 28.7 Å². The molecule has 110 valence electrons. The molecule has 0 heterocycles. The van der Waals surface area contributed by atoms with Crippen molar-refractivity contribution in [1.82, 2.24) is 0 Å². The van der Waals surface area contributed by atoms with Crippen molar-refractivity contribution in [1.29, 1.82) is 0 Å². The Morgan fingerprint density at radius 1 is 0.857 bits per heavy atom. The quantitative estimate of drug-likeness (QED) is 0.777. The van der Waals surface area contributed by atoms with Crippen molar-refractivity contribution in [3.63, 3.8) is 0 Å². The number of halogens is 3. The SMILES string of the molecule is Cc1ccc(NC(=S)Nc2ccc(C(F)(F)F)cc2)cc1. The van der Waals surface area contributed by atoms with E-state index in [1.165, 1.54) is 12.1 Å². The van der Waals surface area contributed by atoms with Crippen LogP contribution in [0.1, 0.15) is 11.1 Å². The zero-order valence-corrected chi connectivity index (χ0v) is 12.0. The maximum atomic E-state index is 12.4. The van der Waals surface area contributed by atoms with Gasteiger partial charge < -0.3 is 10.6 Å². The van der Waals surface area contributed by atoms with Crippen LogP contribution in [0.15, 0.2) is 48.5 Å². The molecule has 6 heteroatoms. The van der Waals surface area contributed by atoms with Crippen LogP contribution in [0.5, 0.6) is 0 Å². The molecule has 0 aliphatic carbocycles. The summed E-state index contributed by atoms with van der Waals surface area (Å²) in [5.41, 5.74) is 1.74. The van der Waals surface area contributed by atoms with E-state index in [2.05, 4.69) is 10.6 Å². The second-order valence-corrected chi connectivity index (χ2v) is 4.93. The van der Waals surface area contributed by atoms with Crippen LogP contribution in [0.2, 0.25) is 0 Å². The zero-order valence-electron chi connectivity index (χ0n) is 11.2. The smallest absolute Gasteiger partial charge is 0.332 e. The summed E-state index contributed by atoms with van der Waals surface area (Å²) in [6.07, 6.45) is -4.33. The number of anilines is 2. The zero-order chi connectivity index (χ0) is 15.5. The molecule has 0 aromatic heterocycles. The van der Waals surface area contributed by atoms with Gasteiger partial charge in [-0.25, -0.2) is 0 Å². The minimum absolute atomic E-state index is 0.318. The minimum Gasteiger partial charge on any atom is -0.332 e. The summed E-state index contributed by atoms with van der Waals surface area (Å²) in [4.78, 5) is 0. The molecule has 0 saturated carbocycles. The lowest BCUT2D eigenvalue weighted by molar-refractivity contribution is -0.137. The molecule has 0 spiro atoms. The number of hydrogen-bond acceptors (Lipinski definition) is 1. The predicted octanol–water partition coefficient (Wildman–Crippen LogP) is 4.82. The molecule has 0 unspecified atom stereocenters. The van der Waals surface area contributed by atoms with E-state index in [4.69, 9.17) is 12.2 Å². The monoisotopic (exact) mass is 310 g/mol. The summed E-state index contributed by atoms with van der Waals surface area (Å²) < 4.78 is 37.3. The molecular weight excluding hydrogens is 297 g/mol. The number of aryl methyl sites for hydroxylation is 1. The van der Waals surface area contributed by atoms with Gasteiger partial charge in [-0.05, 0) is 55.5 Å². The summed E-state index contributed by atoms with van der Waals surface area (Å²) in [5, 5.41) is 6.12. The van der Waals surface area contributed by atoms with Gasteiger partial charge in [0.05, 0.1) is 5.56 Å². The van der Waals surface area contributed by atoms with Gasteiger partial charge in [-0.15, -0.1) is 0 Å². The number of alkyl halides is 3. The Morgan fingerprint density at radius 3 is 1.71 bits per heavy atom. The van der Waals surface area contributed by atoms with Gasteiger partial charge in [0.15, 0.2) is 5.11 Å². The van der Waals surface area contributed by atoms with Crippen LogP contribution in [0, 0.1) is 6.92 Å². The van der Waals surface area contributed by atoms with Crippen LogP contribution in [0.3, 0.4) is 0 Å². The standard InChI is InChI=1S/C15H13F3N2S/c1-10-2-6-12(7-3-10)19-14(21)20-13-8-4-11(5-9-13)15(16,17)18/h2-9H,1H3,(H2,19,20,21). The van der Waals surface area contributed by atoms with Crippen molar-refractivity contribution in [2.45, 2.75) is 13.1 Å². The number of benzene rings is 2. The average molecular weight is 310 g/mol. The second kappa shape index (κ2) is 6.13. The van der Waals surface area contributed by atoms with E-state index >= 15 is 0 Å². The molecule has 0 saturated heterocycles. The van der Waals surface area contributed by atoms with E-state index < -0.39 is 11.7 Å². The molecule has 0 aliphatic rings. The number of hydrogen-bond donors (Lipinski definition) is 2. The Morgan fingerprint density at radius 2 is 1.29 bits per heavy atom. The van der Waals surface area contributed by atoms with Gasteiger partial charge in [-0.3, -0.25) is 0 Å². The van der Waals surface area contributed by atoms with Crippen molar-refractivity contribution in [2.24, 2.45) is 0 Å². The van der Waals surface area contributed by atoms with Gasteiger partial charge >= 0.3 is 6.18 Å². The van der Waals surface area contributed by atoms with Crippen LogP contribution in [-0.2, 0) is 6.18 Å². The fourth-order valence-corrected chi connectivity index (χ4v) is 1.91. The third kappa shape index (κ3) is 4.46. The molecule has 2 aromatic rings. The number of thiocarbonyl (C=S) groups is 1. The van der Waals surface area contributed by atoms with E-state index in [-0.39, 0.29) is 0 Å². The normalized spacial score (nSPS) is 11.0. The summed E-state index contributed by atoms with van der Waals surface area (Å²) in [6, 6.07) is 12.3. The summed E-state index contributed by atoms with van der Waals surface area (Å²) in [6.45, 7) is 1.97. The fraction of sp³-hybridized carbons (Fsp3) is 0.133. The second-order valence-electron chi connectivity index (χ2n) is 4.52. The highest BCUT2D eigenvalue weighted by molar-refractivity contribution is 7.80. The number of nitrogens with one attached hydrogen (secondary N) is 2. The number of rotatable bonds is 2. The van der Waals surface area contributed by atoms with Crippen LogP contribution in [-0.4, -0.2) is 5.11 Å². The summed E-state index contributed by atoms with van der Waals surface area (Å²) in [7, 11) is 0. The molecular formula is C15H13F3N2S. The first kappa shape index (κ1) is 15.3. The topological polar surface area (TPSA) is 24.1 Å². The van der Waals surface area contributed by atoms with Gasteiger partial charge in [0.2, 0.25) is 0 Å². The average Bonchev–Trinajstić information content (AvgIpc) is 2.41. The molecule has 2 N–H and O–H groups in total. The van der Waals surface area contributed by atoms with Gasteiger partial charge in [0, 0.05) is 11.4 Å². The first-order valence-corrected chi connectivity index (χ1v) is 6.57. The van der Waals surface area contributed by atoms with Gasteiger partial charge in [-0.1, -0.05) is 17.7 Å². The van der Waals surface area contributed by atoms with Gasteiger partial charge in [0.1, 0.15) is 0 Å². The van der Waals surface area contributed by atoms with E-state index in [0.717, 1.165) is 23.4 Å². The molecule has 0 amide bonds. The maximum Gasteiger partial charge on any atom is 0.416 e. The Kier molecular flexibility index (Phi) is 4.47. The molecule has 0 atom stereocenters. The first-order chi connectivity index (χ1) is 9.84. The third-order valence-corrected chi connectivity index (χ3v) is 2.98. The lowest BCUT2D eigenvalue weighted by Gasteiger charge is -2.12. The van der Waals surface area contributed by atoms with Gasteiger partial charge in [0.25, 0.3) is 0 Å². The molecule has 2 rings (SSSR count). The Bertz CT molecular complexity index is 619. The Hall–Kier alpha value is -2.08. The van der Waals surface area contributed by atoms with E-state index in [9.17, 15) is 13.2 Å². The lowest BCUT2D eigenvalue weighted by Crippen LogP contribution is -2.19. The fourth-order valence-electron chi connectivity index (χ4n) is 1.67. The Balaban J connectivity index is 1.98. The van der Waals surface area contributed by atoms with Crippen molar-refractivity contribution in [3.8, 4) is 0 Å². The molecule has 21 heavy (non-hydrogen) atoms. The molecule has 0 bridgehead atoms. The van der Waals surface area contributed by atoms with Crippen molar-refractivity contribution in [2.75, 3.05) is 10.6 Å². The minimum atomic E-state index is -4.33. The summed E-state index contributed by atoms with van der Waals surface area (Å²) >= 11 is 5.11.